The van der Waals surface area contributed by atoms with Gasteiger partial charge in [-0.25, -0.2) is 8.42 Å². The molecule has 20 heavy (non-hydrogen) atoms. The van der Waals surface area contributed by atoms with Gasteiger partial charge >= 0.3 is 0 Å². The van der Waals surface area contributed by atoms with Gasteiger partial charge in [-0.15, -0.1) is 0 Å². The molecule has 1 rings (SSSR count). The van der Waals surface area contributed by atoms with Gasteiger partial charge in [0.05, 0.1) is 5.75 Å². The van der Waals surface area contributed by atoms with Crippen LogP contribution in [-0.2, 0) is 9.84 Å². The van der Waals surface area contributed by atoms with Gasteiger partial charge in [-0.3, -0.25) is 0 Å². The number of rotatable bonds is 8. The van der Waals surface area contributed by atoms with E-state index in [4.69, 9.17) is 11.6 Å². The minimum absolute atomic E-state index is 0.118. The Bertz CT molecular complexity index is 534. The monoisotopic (exact) mass is 321 g/mol. The molecule has 1 heterocycles. The third kappa shape index (κ3) is 5.87. The van der Waals surface area contributed by atoms with Crippen molar-refractivity contribution in [1.82, 2.24) is 15.0 Å². The van der Waals surface area contributed by atoms with Crippen LogP contribution in [0.25, 0.3) is 0 Å². The first-order valence-electron chi connectivity index (χ1n) is 6.43. The minimum atomic E-state index is -2.94. The van der Waals surface area contributed by atoms with Gasteiger partial charge in [0.1, 0.15) is 9.84 Å². The predicted octanol–water partition coefficient (Wildman–Crippen LogP) is 1.22. The molecule has 0 spiro atoms. The van der Waals surface area contributed by atoms with E-state index in [1.54, 1.807) is 0 Å². The van der Waals surface area contributed by atoms with E-state index in [0.29, 0.717) is 24.9 Å². The van der Waals surface area contributed by atoms with Crippen LogP contribution in [-0.4, -0.2) is 55.0 Å². The maximum atomic E-state index is 11.0. The summed E-state index contributed by atoms with van der Waals surface area (Å²) in [6.07, 6.45) is 1.70. The van der Waals surface area contributed by atoms with Crippen molar-refractivity contribution < 1.29 is 8.42 Å². The predicted molar refractivity (Wildman–Crippen MR) is 81.2 cm³/mol. The van der Waals surface area contributed by atoms with Crippen LogP contribution in [0.5, 0.6) is 0 Å². The Hall–Kier alpha value is -1.15. The first kappa shape index (κ1) is 16.9. The quantitative estimate of drug-likeness (QED) is 0.720. The van der Waals surface area contributed by atoms with E-state index >= 15 is 0 Å². The second-order valence-corrected chi connectivity index (χ2v) is 6.91. The van der Waals surface area contributed by atoms with E-state index in [-0.39, 0.29) is 11.0 Å². The molecule has 0 aliphatic rings. The topological polar surface area (TPSA) is 88.1 Å². The third-order valence-corrected chi connectivity index (χ3v) is 3.82. The van der Waals surface area contributed by atoms with E-state index in [2.05, 4.69) is 20.3 Å². The molecule has 0 atom stereocenters. The number of nitrogens with zero attached hydrogens (tertiary/aromatic N) is 4. The number of nitrogens with one attached hydrogen (secondary N) is 1. The summed E-state index contributed by atoms with van der Waals surface area (Å²) in [6, 6.07) is 0. The van der Waals surface area contributed by atoms with Crippen molar-refractivity contribution in [3.05, 3.63) is 5.28 Å². The molecule has 0 aromatic carbocycles. The normalized spacial score (nSPS) is 11.4. The van der Waals surface area contributed by atoms with Gasteiger partial charge in [0.15, 0.2) is 0 Å². The van der Waals surface area contributed by atoms with E-state index in [9.17, 15) is 8.42 Å². The minimum Gasteiger partial charge on any atom is -0.354 e. The smallest absolute Gasteiger partial charge is 0.231 e. The second-order valence-electron chi connectivity index (χ2n) is 4.31. The fourth-order valence-electron chi connectivity index (χ4n) is 1.60. The summed E-state index contributed by atoms with van der Waals surface area (Å²) in [6.45, 7) is 6.00. The Morgan fingerprint density at radius 1 is 1.20 bits per heavy atom. The number of hydrogen-bond acceptors (Lipinski definition) is 7. The molecule has 0 bridgehead atoms. The zero-order chi connectivity index (χ0) is 15.2. The van der Waals surface area contributed by atoms with Gasteiger partial charge in [-0.1, -0.05) is 0 Å². The molecule has 0 fully saturated rings. The van der Waals surface area contributed by atoms with E-state index in [1.807, 2.05) is 18.7 Å². The molecule has 114 valence electrons. The average Bonchev–Trinajstić information content (AvgIpc) is 2.34. The number of halogens is 1. The summed E-state index contributed by atoms with van der Waals surface area (Å²) in [5, 5.41) is 3.08. The number of hydrogen-bond donors (Lipinski definition) is 1. The highest BCUT2D eigenvalue weighted by atomic mass is 35.5. The lowest BCUT2D eigenvalue weighted by molar-refractivity contribution is 0.600. The van der Waals surface area contributed by atoms with Crippen LogP contribution in [0.1, 0.15) is 20.3 Å². The standard InChI is InChI=1S/C11H20ClN5O2S/c1-4-17(5-2)11-15-9(12)14-10(16-11)13-7-6-8-20(3,18)19/h4-8H2,1-3H3,(H,13,14,15,16). The zero-order valence-electron chi connectivity index (χ0n) is 11.9. The fourth-order valence-corrected chi connectivity index (χ4v) is 2.43. The highest BCUT2D eigenvalue weighted by Crippen LogP contribution is 2.13. The lowest BCUT2D eigenvalue weighted by Crippen LogP contribution is -2.25. The Morgan fingerprint density at radius 2 is 1.85 bits per heavy atom. The molecule has 0 aliphatic heterocycles. The van der Waals surface area contributed by atoms with E-state index in [1.165, 1.54) is 6.26 Å². The van der Waals surface area contributed by atoms with Crippen molar-refractivity contribution in [1.29, 1.82) is 0 Å². The summed E-state index contributed by atoms with van der Waals surface area (Å²) in [5.74, 6) is 1.00. The van der Waals surface area contributed by atoms with Crippen LogP contribution < -0.4 is 10.2 Å². The Morgan fingerprint density at radius 3 is 2.40 bits per heavy atom. The van der Waals surface area contributed by atoms with Crippen molar-refractivity contribution in [3.63, 3.8) is 0 Å². The van der Waals surface area contributed by atoms with Crippen LogP contribution in [0.2, 0.25) is 5.28 Å². The van der Waals surface area contributed by atoms with Crippen molar-refractivity contribution in [3.8, 4) is 0 Å². The Kier molecular flexibility index (Phi) is 6.41. The molecule has 0 saturated carbocycles. The molecule has 0 saturated heterocycles. The molecule has 0 aliphatic carbocycles. The lowest BCUT2D eigenvalue weighted by atomic mass is 10.5. The van der Waals surface area contributed by atoms with Crippen LogP contribution >= 0.6 is 11.6 Å². The van der Waals surface area contributed by atoms with E-state index < -0.39 is 9.84 Å². The Labute approximate surface area is 124 Å². The fraction of sp³-hybridized carbons (Fsp3) is 0.727. The first-order valence-corrected chi connectivity index (χ1v) is 8.87. The number of aromatic nitrogens is 3. The van der Waals surface area contributed by atoms with Crippen molar-refractivity contribution >= 4 is 33.3 Å². The lowest BCUT2D eigenvalue weighted by Gasteiger charge is -2.18. The summed E-state index contributed by atoms with van der Waals surface area (Å²) in [4.78, 5) is 14.3. The van der Waals surface area contributed by atoms with Crippen LogP contribution in [0.15, 0.2) is 0 Å². The molecule has 1 aromatic heterocycles. The maximum Gasteiger partial charge on any atom is 0.231 e. The molecule has 0 unspecified atom stereocenters. The number of anilines is 2. The highest BCUT2D eigenvalue weighted by Gasteiger charge is 2.10. The molecular formula is C11H20ClN5O2S. The zero-order valence-corrected chi connectivity index (χ0v) is 13.5. The van der Waals surface area contributed by atoms with Gasteiger partial charge in [0.25, 0.3) is 0 Å². The second kappa shape index (κ2) is 7.58. The molecule has 1 aromatic rings. The van der Waals surface area contributed by atoms with Gasteiger partial charge in [-0.2, -0.15) is 15.0 Å². The molecule has 9 heteroatoms. The SMILES string of the molecule is CCN(CC)c1nc(Cl)nc(NCCCS(C)(=O)=O)n1. The largest absolute Gasteiger partial charge is 0.354 e. The van der Waals surface area contributed by atoms with Gasteiger partial charge in [-0.05, 0) is 31.9 Å². The van der Waals surface area contributed by atoms with Crippen molar-refractivity contribution in [2.45, 2.75) is 20.3 Å². The van der Waals surface area contributed by atoms with Crippen molar-refractivity contribution in [2.75, 3.05) is 41.9 Å². The van der Waals surface area contributed by atoms with Crippen LogP contribution in [0.4, 0.5) is 11.9 Å². The van der Waals surface area contributed by atoms with Gasteiger partial charge in [0, 0.05) is 25.9 Å². The summed E-state index contributed by atoms with van der Waals surface area (Å²) in [5.41, 5.74) is 0. The molecule has 0 radical (unpaired) electrons. The van der Waals surface area contributed by atoms with Crippen molar-refractivity contribution in [2.24, 2.45) is 0 Å². The Balaban J connectivity index is 2.66. The molecule has 0 amide bonds. The van der Waals surface area contributed by atoms with E-state index in [0.717, 1.165) is 13.1 Å². The summed E-state index contributed by atoms with van der Waals surface area (Å²) < 4.78 is 22.0. The highest BCUT2D eigenvalue weighted by molar-refractivity contribution is 7.90. The average molecular weight is 322 g/mol. The molecule has 7 nitrogen and oxygen atoms in total. The summed E-state index contributed by atoms with van der Waals surface area (Å²) >= 11 is 5.87. The molecular weight excluding hydrogens is 302 g/mol. The summed E-state index contributed by atoms with van der Waals surface area (Å²) in [7, 11) is -2.94. The van der Waals surface area contributed by atoms with Gasteiger partial charge < -0.3 is 10.2 Å². The maximum absolute atomic E-state index is 11.0. The van der Waals surface area contributed by atoms with Gasteiger partial charge in [0.2, 0.25) is 17.2 Å². The van der Waals surface area contributed by atoms with Crippen LogP contribution in [0, 0.1) is 0 Å². The third-order valence-electron chi connectivity index (χ3n) is 2.62. The number of sulfone groups is 1. The van der Waals surface area contributed by atoms with Crippen LogP contribution in [0.3, 0.4) is 0 Å². The first-order chi connectivity index (χ1) is 9.35. The molecule has 1 N–H and O–H groups in total.